The first-order valence-electron chi connectivity index (χ1n) is 12.1. The second-order valence-electron chi connectivity index (χ2n) is 9.31. The number of pyridine rings is 2. The number of likely N-dealkylation sites (tertiary alicyclic amines) is 1. The minimum atomic E-state index is -0.218. The summed E-state index contributed by atoms with van der Waals surface area (Å²) >= 11 is 1.10. The summed E-state index contributed by atoms with van der Waals surface area (Å²) in [6.07, 6.45) is 8.21. The number of benzene rings is 1. The third-order valence-corrected chi connectivity index (χ3v) is 7.79. The van der Waals surface area contributed by atoms with Crippen LogP contribution in [0.1, 0.15) is 18.4 Å². The Morgan fingerprint density at radius 3 is 2.64 bits per heavy atom. The van der Waals surface area contributed by atoms with Gasteiger partial charge in [0.2, 0.25) is 0 Å². The molecule has 0 atom stereocenters. The number of nitrogens with zero attached hydrogens (tertiary/aromatic N) is 4. The molecule has 0 saturated carbocycles. The van der Waals surface area contributed by atoms with Crippen molar-refractivity contribution >= 4 is 33.1 Å². The van der Waals surface area contributed by atoms with Gasteiger partial charge in [-0.25, -0.2) is 0 Å². The molecule has 0 amide bonds. The third-order valence-electron chi connectivity index (χ3n) is 6.91. The second kappa shape index (κ2) is 8.65. The van der Waals surface area contributed by atoms with Crippen molar-refractivity contribution in [1.29, 1.82) is 0 Å². The summed E-state index contributed by atoms with van der Waals surface area (Å²) in [6, 6.07) is 15.8. The van der Waals surface area contributed by atoms with Crippen LogP contribution in [0.4, 0.5) is 4.39 Å². The van der Waals surface area contributed by atoms with E-state index in [0.29, 0.717) is 0 Å². The number of fused-ring (bicyclic) bond motifs is 2. The quantitative estimate of drug-likeness (QED) is 0.282. The van der Waals surface area contributed by atoms with Gasteiger partial charge in [-0.05, 0) is 79.5 Å². The highest BCUT2D eigenvalue weighted by molar-refractivity contribution is 7.13. The Morgan fingerprint density at radius 1 is 0.889 bits per heavy atom. The first-order chi connectivity index (χ1) is 17.7. The van der Waals surface area contributed by atoms with Gasteiger partial charge in [-0.3, -0.25) is 20.0 Å². The van der Waals surface area contributed by atoms with E-state index >= 15 is 0 Å². The number of thiophene rings is 1. The van der Waals surface area contributed by atoms with E-state index in [9.17, 15) is 4.39 Å². The lowest BCUT2D eigenvalue weighted by Crippen LogP contribution is -2.18. The predicted molar refractivity (Wildman–Crippen MR) is 142 cm³/mol. The molecule has 178 valence electrons. The number of hydrogen-bond acceptors (Lipinski definition) is 5. The van der Waals surface area contributed by atoms with E-state index in [1.165, 1.54) is 24.5 Å². The lowest BCUT2D eigenvalue weighted by Gasteiger charge is -2.14. The monoisotopic (exact) mass is 494 g/mol. The normalized spacial score (nSPS) is 14.4. The minimum absolute atomic E-state index is 0.218. The van der Waals surface area contributed by atoms with Gasteiger partial charge < -0.3 is 4.98 Å². The molecule has 0 radical (unpaired) electrons. The van der Waals surface area contributed by atoms with E-state index in [-0.39, 0.29) is 5.13 Å². The van der Waals surface area contributed by atoms with E-state index in [0.717, 1.165) is 85.9 Å². The molecule has 1 aliphatic heterocycles. The number of aromatic amines is 2. The van der Waals surface area contributed by atoms with Crippen molar-refractivity contribution in [3.05, 3.63) is 77.8 Å². The SMILES string of the molecule is Fc1ccc(-c2nccc3[nH]c(-c4n[nH]c5ccc(-c6cncc(CN7CCCC7)c6)cc45)cc23)s1. The zero-order valence-electron chi connectivity index (χ0n) is 19.5. The summed E-state index contributed by atoms with van der Waals surface area (Å²) in [5.74, 6) is 0. The molecule has 7 rings (SSSR count). The van der Waals surface area contributed by atoms with Crippen LogP contribution in [0.3, 0.4) is 0 Å². The Hall–Kier alpha value is -3.88. The molecule has 1 aliphatic rings. The van der Waals surface area contributed by atoms with Crippen molar-refractivity contribution < 1.29 is 4.39 Å². The van der Waals surface area contributed by atoms with Crippen molar-refractivity contribution in [2.24, 2.45) is 0 Å². The van der Waals surface area contributed by atoms with Crippen LogP contribution < -0.4 is 0 Å². The first-order valence-corrected chi connectivity index (χ1v) is 12.9. The molecule has 36 heavy (non-hydrogen) atoms. The molecule has 0 spiro atoms. The Balaban J connectivity index is 1.28. The molecule has 1 fully saturated rings. The second-order valence-corrected chi connectivity index (χ2v) is 10.3. The lowest BCUT2D eigenvalue weighted by atomic mass is 10.0. The highest BCUT2D eigenvalue weighted by atomic mass is 32.1. The van der Waals surface area contributed by atoms with Crippen molar-refractivity contribution in [2.45, 2.75) is 19.4 Å². The standard InChI is InChI=1S/C28H23FN6S/c29-26-6-5-25(36-26)28-21-13-24(32-22(21)7-8-31-28)27-20-12-18(3-4-23(20)33-34-27)19-11-17(14-30-15-19)16-35-9-1-2-10-35/h3-8,11-15,32H,1-2,9-10,16H2,(H,33,34). The summed E-state index contributed by atoms with van der Waals surface area (Å²) in [5.41, 5.74) is 7.85. The fraction of sp³-hybridized carbons (Fsp3) is 0.179. The predicted octanol–water partition coefficient (Wildman–Crippen LogP) is 6.63. The first kappa shape index (κ1) is 21.4. The molecule has 1 saturated heterocycles. The number of H-pyrrole nitrogens is 2. The van der Waals surface area contributed by atoms with Crippen LogP contribution in [0.5, 0.6) is 0 Å². The zero-order valence-corrected chi connectivity index (χ0v) is 20.3. The minimum Gasteiger partial charge on any atom is -0.353 e. The van der Waals surface area contributed by atoms with Gasteiger partial charge in [0.25, 0.3) is 0 Å². The summed E-state index contributed by atoms with van der Waals surface area (Å²) in [6.45, 7) is 3.27. The molecule has 6 nitrogen and oxygen atoms in total. The number of aromatic nitrogens is 5. The number of hydrogen-bond donors (Lipinski definition) is 2. The van der Waals surface area contributed by atoms with Gasteiger partial charge >= 0.3 is 0 Å². The molecular formula is C28H23FN6S. The van der Waals surface area contributed by atoms with E-state index in [1.54, 1.807) is 12.3 Å². The van der Waals surface area contributed by atoms with Gasteiger partial charge in [0, 0.05) is 47.0 Å². The van der Waals surface area contributed by atoms with Gasteiger partial charge in [-0.1, -0.05) is 6.07 Å². The fourth-order valence-electron chi connectivity index (χ4n) is 5.15. The lowest BCUT2D eigenvalue weighted by molar-refractivity contribution is 0.331. The molecule has 6 aromatic rings. The van der Waals surface area contributed by atoms with Gasteiger partial charge in [0.1, 0.15) is 5.69 Å². The van der Waals surface area contributed by atoms with Gasteiger partial charge in [-0.2, -0.15) is 9.49 Å². The summed E-state index contributed by atoms with van der Waals surface area (Å²) in [7, 11) is 0. The van der Waals surface area contributed by atoms with Gasteiger partial charge in [0.05, 0.1) is 21.8 Å². The topological polar surface area (TPSA) is 73.5 Å². The maximum Gasteiger partial charge on any atom is 0.177 e. The molecule has 2 N–H and O–H groups in total. The Morgan fingerprint density at radius 2 is 1.78 bits per heavy atom. The zero-order chi connectivity index (χ0) is 24.1. The van der Waals surface area contributed by atoms with E-state index in [2.05, 4.69) is 60.4 Å². The smallest absolute Gasteiger partial charge is 0.177 e. The average molecular weight is 495 g/mol. The fourth-order valence-corrected chi connectivity index (χ4v) is 5.89. The molecular weight excluding hydrogens is 471 g/mol. The Kier molecular flexibility index (Phi) is 5.15. The molecule has 8 heteroatoms. The Labute approximate surface area is 210 Å². The van der Waals surface area contributed by atoms with E-state index in [4.69, 9.17) is 0 Å². The highest BCUT2D eigenvalue weighted by Gasteiger charge is 2.16. The van der Waals surface area contributed by atoms with Crippen molar-refractivity contribution in [3.8, 4) is 33.1 Å². The number of nitrogens with one attached hydrogen (secondary N) is 2. The van der Waals surface area contributed by atoms with E-state index < -0.39 is 0 Å². The van der Waals surface area contributed by atoms with Crippen LogP contribution in [0.25, 0.3) is 54.9 Å². The van der Waals surface area contributed by atoms with Crippen LogP contribution >= 0.6 is 11.3 Å². The molecule has 1 aromatic carbocycles. The van der Waals surface area contributed by atoms with Crippen LogP contribution in [-0.2, 0) is 6.54 Å². The van der Waals surface area contributed by atoms with Crippen LogP contribution in [0.15, 0.2) is 67.1 Å². The summed E-state index contributed by atoms with van der Waals surface area (Å²) in [4.78, 5) is 15.8. The van der Waals surface area contributed by atoms with E-state index in [1.807, 2.05) is 18.5 Å². The largest absolute Gasteiger partial charge is 0.353 e. The van der Waals surface area contributed by atoms with Crippen molar-refractivity contribution in [1.82, 2.24) is 30.0 Å². The molecule has 0 bridgehead atoms. The van der Waals surface area contributed by atoms with Gasteiger partial charge in [-0.15, -0.1) is 11.3 Å². The van der Waals surface area contributed by atoms with Crippen molar-refractivity contribution in [3.63, 3.8) is 0 Å². The van der Waals surface area contributed by atoms with Crippen LogP contribution in [-0.4, -0.2) is 43.1 Å². The maximum absolute atomic E-state index is 13.7. The number of rotatable bonds is 5. The summed E-state index contributed by atoms with van der Waals surface area (Å²) < 4.78 is 13.7. The molecule has 0 aliphatic carbocycles. The molecule has 6 heterocycles. The highest BCUT2D eigenvalue weighted by Crippen LogP contribution is 2.36. The average Bonchev–Trinajstić information content (AvgIpc) is 3.70. The van der Waals surface area contributed by atoms with Gasteiger partial charge in [0.15, 0.2) is 5.13 Å². The van der Waals surface area contributed by atoms with Crippen LogP contribution in [0.2, 0.25) is 0 Å². The Bertz CT molecular complexity index is 1710. The van der Waals surface area contributed by atoms with Crippen LogP contribution in [0, 0.1) is 5.13 Å². The third kappa shape index (κ3) is 3.79. The summed E-state index contributed by atoms with van der Waals surface area (Å²) in [5, 5.41) is 9.55. The molecule has 0 unspecified atom stereocenters. The molecule has 5 aromatic heterocycles. The number of halogens is 1. The maximum atomic E-state index is 13.7. The van der Waals surface area contributed by atoms with Crippen molar-refractivity contribution in [2.75, 3.05) is 13.1 Å².